The van der Waals surface area contributed by atoms with Crippen LogP contribution in [0.2, 0.25) is 0 Å². The molecule has 3 aliphatic rings. The van der Waals surface area contributed by atoms with E-state index < -0.39 is 17.6 Å². The van der Waals surface area contributed by atoms with Gasteiger partial charge in [-0.15, -0.1) is 0 Å². The van der Waals surface area contributed by atoms with Crippen LogP contribution in [0.3, 0.4) is 0 Å². The minimum Gasteiger partial charge on any atom is -0.475 e. The molecule has 2 saturated heterocycles. The van der Waals surface area contributed by atoms with E-state index in [-0.39, 0.29) is 17.4 Å². The molecule has 39 heavy (non-hydrogen) atoms. The van der Waals surface area contributed by atoms with Gasteiger partial charge in [-0.25, -0.2) is 13.6 Å². The quantitative estimate of drug-likeness (QED) is 0.261. The number of nitrogens with one attached hydrogen (secondary N) is 1. The lowest BCUT2D eigenvalue weighted by molar-refractivity contribution is 0.0150. The molecule has 2 unspecified atom stereocenters. The number of halogens is 2. The van der Waals surface area contributed by atoms with Gasteiger partial charge in [-0.2, -0.15) is 0 Å². The highest BCUT2D eigenvalue weighted by molar-refractivity contribution is 5.94. The Morgan fingerprint density at radius 1 is 1.10 bits per heavy atom. The number of aryl methyl sites for hydroxylation is 1. The standard InChI is InChI=1S/C31H30F2N2O4/c1-16-21-13-28(31(36)37)39-27(21)10-9-26(16)35-18-7-8-19(35)12-20(11-18)38-15-23-22(14-34-30(23)17-5-6-17)29-24(32)3-2-4-25(29)33/h2-4,9-10,13-14,17-20,34H,5-8,11-12,15H2,1H3,(H,36,37). The van der Waals surface area contributed by atoms with Crippen LogP contribution >= 0.6 is 0 Å². The summed E-state index contributed by atoms with van der Waals surface area (Å²) in [6, 6.07) is 10.1. The first-order chi connectivity index (χ1) is 18.9. The Bertz CT molecular complexity index is 1550. The van der Waals surface area contributed by atoms with E-state index in [2.05, 4.69) is 9.88 Å². The zero-order valence-electron chi connectivity index (χ0n) is 21.7. The monoisotopic (exact) mass is 532 g/mol. The van der Waals surface area contributed by atoms with Gasteiger partial charge in [0, 0.05) is 46.2 Å². The second-order valence-electron chi connectivity index (χ2n) is 11.2. The van der Waals surface area contributed by atoms with Crippen LogP contribution in [0.1, 0.15) is 71.8 Å². The molecule has 1 saturated carbocycles. The maximum atomic E-state index is 14.7. The molecule has 8 heteroatoms. The highest BCUT2D eigenvalue weighted by Crippen LogP contribution is 2.46. The van der Waals surface area contributed by atoms with Gasteiger partial charge >= 0.3 is 5.97 Å². The Morgan fingerprint density at radius 3 is 2.49 bits per heavy atom. The lowest BCUT2D eigenvalue weighted by atomic mass is 9.96. The third-order valence-corrected chi connectivity index (χ3v) is 8.82. The lowest BCUT2D eigenvalue weighted by Crippen LogP contribution is -2.45. The van der Waals surface area contributed by atoms with Crippen LogP contribution in [0.25, 0.3) is 22.1 Å². The van der Waals surface area contributed by atoms with E-state index in [1.54, 1.807) is 12.3 Å². The molecule has 2 N–H and O–H groups in total. The van der Waals surface area contributed by atoms with Gasteiger partial charge in [0.05, 0.1) is 18.3 Å². The number of hydrogen-bond acceptors (Lipinski definition) is 4. The molecule has 2 aromatic heterocycles. The van der Waals surface area contributed by atoms with Crippen molar-refractivity contribution in [1.29, 1.82) is 0 Å². The van der Waals surface area contributed by atoms with Crippen LogP contribution in [0, 0.1) is 18.6 Å². The largest absolute Gasteiger partial charge is 0.475 e. The number of carbonyl (C=O) groups is 1. The molecule has 2 atom stereocenters. The van der Waals surface area contributed by atoms with Crippen molar-refractivity contribution < 1.29 is 27.8 Å². The average Bonchev–Trinajstić information content (AvgIpc) is 3.42. The summed E-state index contributed by atoms with van der Waals surface area (Å²) >= 11 is 0. The van der Waals surface area contributed by atoms with Crippen molar-refractivity contribution in [1.82, 2.24) is 4.98 Å². The summed E-state index contributed by atoms with van der Waals surface area (Å²) in [5.41, 5.74) is 5.19. The number of fused-ring (bicyclic) bond motifs is 3. The highest BCUT2D eigenvalue weighted by Gasteiger charge is 2.42. The second-order valence-corrected chi connectivity index (χ2v) is 11.2. The SMILES string of the molecule is Cc1c(N2C3CCC2CC(OCc2c(-c4c(F)cccc4F)c[nH]c2C2CC2)C3)ccc2oc(C(=O)O)cc12. The van der Waals surface area contributed by atoms with Crippen LogP contribution in [0.15, 0.2) is 47.0 Å². The van der Waals surface area contributed by atoms with Crippen LogP contribution in [0.4, 0.5) is 14.5 Å². The topological polar surface area (TPSA) is 78.7 Å². The number of carboxylic acid groups (broad SMARTS) is 1. The van der Waals surface area contributed by atoms with Gasteiger partial charge in [-0.05, 0) is 87.3 Å². The van der Waals surface area contributed by atoms with Gasteiger partial charge in [-0.1, -0.05) is 6.07 Å². The predicted molar refractivity (Wildman–Crippen MR) is 143 cm³/mol. The van der Waals surface area contributed by atoms with Crippen molar-refractivity contribution in [2.75, 3.05) is 4.90 Å². The average molecular weight is 533 g/mol. The Labute approximate surface area is 224 Å². The smallest absolute Gasteiger partial charge is 0.371 e. The highest BCUT2D eigenvalue weighted by atomic mass is 19.1. The van der Waals surface area contributed by atoms with Gasteiger partial charge in [0.1, 0.15) is 17.2 Å². The van der Waals surface area contributed by atoms with Crippen molar-refractivity contribution in [3.05, 3.63) is 76.8 Å². The number of aromatic nitrogens is 1. The molecule has 2 aliphatic heterocycles. The summed E-state index contributed by atoms with van der Waals surface area (Å²) in [4.78, 5) is 17.2. The third-order valence-electron chi connectivity index (χ3n) is 8.82. The van der Waals surface area contributed by atoms with Crippen molar-refractivity contribution >= 4 is 22.6 Å². The summed E-state index contributed by atoms with van der Waals surface area (Å²) in [7, 11) is 0. The maximum Gasteiger partial charge on any atom is 0.371 e. The summed E-state index contributed by atoms with van der Waals surface area (Å²) in [5, 5.41) is 10.2. The number of aromatic carboxylic acids is 1. The number of furan rings is 1. The molecule has 0 amide bonds. The first-order valence-electron chi connectivity index (χ1n) is 13.7. The first-order valence-corrected chi connectivity index (χ1v) is 13.7. The molecular weight excluding hydrogens is 502 g/mol. The number of rotatable bonds is 7. The van der Waals surface area contributed by atoms with Gasteiger partial charge in [-0.3, -0.25) is 0 Å². The molecule has 7 rings (SSSR count). The second kappa shape index (κ2) is 9.23. The Balaban J connectivity index is 1.12. The number of anilines is 1. The fraction of sp³-hybridized carbons (Fsp3) is 0.387. The summed E-state index contributed by atoms with van der Waals surface area (Å²) in [6.07, 6.45) is 7.79. The lowest BCUT2D eigenvalue weighted by Gasteiger charge is -2.41. The minimum absolute atomic E-state index is 0.00492. The van der Waals surface area contributed by atoms with Crippen LogP contribution in [-0.4, -0.2) is 34.2 Å². The van der Waals surface area contributed by atoms with E-state index in [0.29, 0.717) is 35.8 Å². The maximum absolute atomic E-state index is 14.7. The van der Waals surface area contributed by atoms with Crippen molar-refractivity contribution in [2.45, 2.75) is 76.2 Å². The zero-order valence-corrected chi connectivity index (χ0v) is 21.7. The van der Waals surface area contributed by atoms with E-state index in [9.17, 15) is 18.7 Å². The summed E-state index contributed by atoms with van der Waals surface area (Å²) in [5.74, 6) is -1.86. The molecule has 4 heterocycles. The van der Waals surface area contributed by atoms with E-state index >= 15 is 0 Å². The first kappa shape index (κ1) is 24.4. The van der Waals surface area contributed by atoms with E-state index in [1.165, 1.54) is 18.2 Å². The van der Waals surface area contributed by atoms with E-state index in [0.717, 1.165) is 66.4 Å². The molecule has 0 radical (unpaired) electrons. The van der Waals surface area contributed by atoms with Crippen LogP contribution in [0.5, 0.6) is 0 Å². The fourth-order valence-electron chi connectivity index (χ4n) is 6.82. The van der Waals surface area contributed by atoms with Gasteiger partial charge in [0.15, 0.2) is 0 Å². The molecule has 2 aromatic carbocycles. The minimum atomic E-state index is -1.07. The van der Waals surface area contributed by atoms with Crippen LogP contribution < -0.4 is 4.90 Å². The Hall–Kier alpha value is -3.65. The molecular formula is C31H30F2N2O4. The van der Waals surface area contributed by atoms with E-state index in [1.807, 2.05) is 19.1 Å². The zero-order chi connectivity index (χ0) is 26.8. The fourth-order valence-corrected chi connectivity index (χ4v) is 6.82. The number of H-pyrrole nitrogens is 1. The summed E-state index contributed by atoms with van der Waals surface area (Å²) < 4.78 is 41.4. The molecule has 0 spiro atoms. The number of benzene rings is 2. The normalized spacial score (nSPS) is 22.6. The number of hydrogen-bond donors (Lipinski definition) is 2. The summed E-state index contributed by atoms with van der Waals surface area (Å²) in [6.45, 7) is 2.34. The van der Waals surface area contributed by atoms with Gasteiger partial charge < -0.3 is 24.1 Å². The van der Waals surface area contributed by atoms with Gasteiger partial charge in [0.25, 0.3) is 0 Å². The molecule has 202 valence electrons. The molecule has 3 fully saturated rings. The van der Waals surface area contributed by atoms with Gasteiger partial charge in [0.2, 0.25) is 5.76 Å². The number of nitrogens with zero attached hydrogens (tertiary/aromatic N) is 1. The molecule has 6 nitrogen and oxygen atoms in total. The Kier molecular flexibility index (Phi) is 5.77. The molecule has 1 aliphatic carbocycles. The van der Waals surface area contributed by atoms with Crippen molar-refractivity contribution in [2.24, 2.45) is 0 Å². The van der Waals surface area contributed by atoms with E-state index in [4.69, 9.17) is 9.15 Å². The number of ether oxygens (including phenoxy) is 1. The predicted octanol–water partition coefficient (Wildman–Crippen LogP) is 7.31. The van der Waals surface area contributed by atoms with Crippen molar-refractivity contribution in [3.8, 4) is 11.1 Å². The number of carboxylic acids is 1. The van der Waals surface area contributed by atoms with Crippen LogP contribution in [-0.2, 0) is 11.3 Å². The third kappa shape index (κ3) is 4.13. The van der Waals surface area contributed by atoms with Crippen molar-refractivity contribution in [3.63, 3.8) is 0 Å². The Morgan fingerprint density at radius 2 is 1.82 bits per heavy atom. The number of aromatic amines is 1. The molecule has 4 aromatic rings. The number of piperidine rings is 1. The molecule has 2 bridgehead atoms.